The van der Waals surface area contributed by atoms with Crippen LogP contribution in [0, 0.1) is 5.21 Å². The van der Waals surface area contributed by atoms with E-state index in [1.807, 2.05) is 0 Å². The minimum atomic E-state index is -0.269. The molecule has 1 atom stereocenters. The molecule has 0 radical (unpaired) electrons. The number of carbonyl (C=O) groups is 1. The average molecular weight is 223 g/mol. The Morgan fingerprint density at radius 2 is 2.31 bits per heavy atom. The Kier molecular flexibility index (Phi) is 3.33. The van der Waals surface area contributed by atoms with Crippen molar-refractivity contribution >= 4 is 29.1 Å². The number of hydroxylamine groups is 2. The van der Waals surface area contributed by atoms with E-state index in [1.54, 1.807) is 0 Å². The van der Waals surface area contributed by atoms with Crippen LogP contribution in [0.15, 0.2) is 22.0 Å². The van der Waals surface area contributed by atoms with Crippen molar-refractivity contribution in [3.63, 3.8) is 0 Å². The molecule has 0 aromatic rings. The molecule has 4 nitrogen and oxygen atoms in total. The maximum absolute atomic E-state index is 10.9. The number of allylic oxidation sites excluding steroid dienone is 1. The van der Waals surface area contributed by atoms with Crippen molar-refractivity contribution in [1.29, 1.82) is 0 Å². The van der Waals surface area contributed by atoms with Gasteiger partial charge in [-0.15, -0.1) is 0 Å². The van der Waals surface area contributed by atoms with Crippen LogP contribution in [0.4, 0.5) is 0 Å². The van der Waals surface area contributed by atoms with Gasteiger partial charge in [-0.25, -0.2) is 0 Å². The van der Waals surface area contributed by atoms with E-state index in [0.29, 0.717) is 5.70 Å². The summed E-state index contributed by atoms with van der Waals surface area (Å²) in [6.07, 6.45) is 1.25. The molecule has 1 aliphatic rings. The Morgan fingerprint density at radius 1 is 1.69 bits per heavy atom. The third-order valence-electron chi connectivity index (χ3n) is 1.43. The molecule has 1 rings (SSSR count). The van der Waals surface area contributed by atoms with Gasteiger partial charge >= 0.3 is 0 Å². The first-order chi connectivity index (χ1) is 6.00. The van der Waals surface area contributed by atoms with Gasteiger partial charge in [-0.1, -0.05) is 23.2 Å². The summed E-state index contributed by atoms with van der Waals surface area (Å²) < 4.78 is 0. The Hall–Kier alpha value is -0.550. The molecule has 1 heterocycles. The van der Waals surface area contributed by atoms with Crippen molar-refractivity contribution in [2.75, 3.05) is 6.54 Å². The average Bonchev–Trinajstić information content (AvgIpc) is 1.96. The predicted molar refractivity (Wildman–Crippen MR) is 49.8 cm³/mol. The summed E-state index contributed by atoms with van der Waals surface area (Å²) >= 11 is 11.4. The van der Waals surface area contributed by atoms with Crippen LogP contribution in [0.3, 0.4) is 0 Å². The zero-order valence-corrected chi connectivity index (χ0v) is 8.37. The highest BCUT2D eigenvalue weighted by atomic mass is 35.5. The topological polar surface area (TPSA) is 56.6 Å². The number of amides is 1. The molecule has 1 amide bonds. The van der Waals surface area contributed by atoms with Crippen molar-refractivity contribution < 1.29 is 9.86 Å². The summed E-state index contributed by atoms with van der Waals surface area (Å²) in [5.74, 6) is -0.269. The van der Waals surface area contributed by atoms with Crippen molar-refractivity contribution in [2.24, 2.45) is 0 Å². The Labute approximate surface area is 85.4 Å². The quantitative estimate of drug-likeness (QED) is 0.617. The van der Waals surface area contributed by atoms with E-state index in [-0.39, 0.29) is 27.6 Å². The SMILES string of the molecule is CC(=O)NC1=C(Cl)C[NH+]([O-])C=C1Cl. The molecule has 0 spiro atoms. The van der Waals surface area contributed by atoms with E-state index in [0.717, 1.165) is 0 Å². The summed E-state index contributed by atoms with van der Waals surface area (Å²) in [6, 6.07) is 0. The van der Waals surface area contributed by atoms with E-state index < -0.39 is 0 Å². The fourth-order valence-corrected chi connectivity index (χ4v) is 1.55. The third-order valence-corrected chi connectivity index (χ3v) is 2.05. The number of rotatable bonds is 1. The lowest BCUT2D eigenvalue weighted by Gasteiger charge is -2.23. The molecule has 13 heavy (non-hydrogen) atoms. The second-order valence-electron chi connectivity index (χ2n) is 2.60. The minimum Gasteiger partial charge on any atom is -0.629 e. The number of hydrogen-bond acceptors (Lipinski definition) is 2. The van der Waals surface area contributed by atoms with Crippen LogP contribution in [0.1, 0.15) is 6.92 Å². The summed E-state index contributed by atoms with van der Waals surface area (Å²) in [5, 5.41) is 13.7. The molecule has 0 aliphatic carbocycles. The van der Waals surface area contributed by atoms with E-state index in [2.05, 4.69) is 5.32 Å². The van der Waals surface area contributed by atoms with Gasteiger partial charge in [0.1, 0.15) is 17.8 Å². The van der Waals surface area contributed by atoms with Gasteiger partial charge in [0.2, 0.25) is 5.91 Å². The van der Waals surface area contributed by atoms with Crippen LogP contribution >= 0.6 is 23.2 Å². The van der Waals surface area contributed by atoms with Crippen molar-refractivity contribution in [2.45, 2.75) is 6.92 Å². The first-order valence-corrected chi connectivity index (χ1v) is 4.33. The minimum absolute atomic E-state index is 0.0907. The van der Waals surface area contributed by atoms with Crippen LogP contribution in [-0.2, 0) is 4.79 Å². The summed E-state index contributed by atoms with van der Waals surface area (Å²) in [4.78, 5) is 10.7. The van der Waals surface area contributed by atoms with Crippen LogP contribution in [0.2, 0.25) is 0 Å². The zero-order chi connectivity index (χ0) is 10.0. The maximum atomic E-state index is 10.9. The highest BCUT2D eigenvalue weighted by molar-refractivity contribution is 6.36. The number of quaternary nitrogens is 1. The van der Waals surface area contributed by atoms with Gasteiger partial charge in [-0.3, -0.25) is 4.79 Å². The van der Waals surface area contributed by atoms with E-state index in [1.165, 1.54) is 13.1 Å². The fourth-order valence-electron chi connectivity index (χ4n) is 0.939. The lowest BCUT2D eigenvalue weighted by molar-refractivity contribution is -0.785. The fraction of sp³-hybridized carbons (Fsp3) is 0.286. The second-order valence-corrected chi connectivity index (χ2v) is 3.46. The normalized spacial score (nSPS) is 22.8. The molecule has 6 heteroatoms. The van der Waals surface area contributed by atoms with E-state index in [9.17, 15) is 10.0 Å². The molecule has 72 valence electrons. The van der Waals surface area contributed by atoms with Gasteiger partial charge in [0.25, 0.3) is 0 Å². The molecule has 0 bridgehead atoms. The van der Waals surface area contributed by atoms with Crippen molar-refractivity contribution in [3.05, 3.63) is 27.2 Å². The highest BCUT2D eigenvalue weighted by Crippen LogP contribution is 2.19. The lowest BCUT2D eigenvalue weighted by Crippen LogP contribution is -3.03. The Bertz CT molecular complexity index is 299. The monoisotopic (exact) mass is 222 g/mol. The van der Waals surface area contributed by atoms with Gasteiger partial charge in [-0.2, -0.15) is 0 Å². The van der Waals surface area contributed by atoms with Gasteiger partial charge < -0.3 is 15.6 Å². The van der Waals surface area contributed by atoms with Gasteiger partial charge in [-0.05, 0) is 0 Å². The van der Waals surface area contributed by atoms with Crippen LogP contribution in [0.25, 0.3) is 0 Å². The highest BCUT2D eigenvalue weighted by Gasteiger charge is 2.18. The van der Waals surface area contributed by atoms with E-state index in [4.69, 9.17) is 23.2 Å². The number of nitrogens with one attached hydrogen (secondary N) is 2. The predicted octanol–water partition coefficient (Wildman–Crippen LogP) is 0.0494. The molecular weight excluding hydrogens is 215 g/mol. The van der Waals surface area contributed by atoms with Gasteiger partial charge in [0.15, 0.2) is 0 Å². The molecule has 0 aromatic carbocycles. The van der Waals surface area contributed by atoms with Crippen molar-refractivity contribution in [1.82, 2.24) is 5.32 Å². The molecule has 0 saturated heterocycles. The van der Waals surface area contributed by atoms with Crippen LogP contribution < -0.4 is 10.4 Å². The third kappa shape index (κ3) is 2.70. The van der Waals surface area contributed by atoms with Crippen molar-refractivity contribution in [3.8, 4) is 0 Å². The maximum Gasteiger partial charge on any atom is 0.221 e. The van der Waals surface area contributed by atoms with Crippen LogP contribution in [0.5, 0.6) is 0 Å². The molecule has 2 N–H and O–H groups in total. The van der Waals surface area contributed by atoms with Gasteiger partial charge in [0.05, 0.1) is 10.7 Å². The van der Waals surface area contributed by atoms with E-state index >= 15 is 0 Å². The standard InChI is InChI=1S/C7H8Cl2N2O2/c1-4(12)10-7-5(8)2-11(13)3-6(7)9/h2,11H,3H2,1H3,(H,10,12). The molecule has 0 saturated carbocycles. The Balaban J connectivity index is 2.88. The lowest BCUT2D eigenvalue weighted by atomic mass is 10.3. The number of carbonyl (C=O) groups excluding carboxylic acids is 1. The summed E-state index contributed by atoms with van der Waals surface area (Å²) in [5.41, 5.74) is 0.329. The van der Waals surface area contributed by atoms with Crippen LogP contribution in [-0.4, -0.2) is 12.5 Å². The first-order valence-electron chi connectivity index (χ1n) is 3.57. The smallest absolute Gasteiger partial charge is 0.221 e. The second kappa shape index (κ2) is 4.11. The molecule has 0 aromatic heterocycles. The summed E-state index contributed by atoms with van der Waals surface area (Å²) in [6.45, 7) is 1.44. The molecular formula is C7H8Cl2N2O2. The molecule has 1 aliphatic heterocycles. The largest absolute Gasteiger partial charge is 0.629 e. The Morgan fingerprint density at radius 3 is 2.77 bits per heavy atom. The number of hydrogen-bond donors (Lipinski definition) is 2. The first kappa shape index (κ1) is 10.5. The van der Waals surface area contributed by atoms with Gasteiger partial charge in [0, 0.05) is 6.92 Å². The molecule has 1 unspecified atom stereocenters. The molecule has 0 fully saturated rings. The number of halogens is 2. The zero-order valence-electron chi connectivity index (χ0n) is 6.86. The summed E-state index contributed by atoms with van der Waals surface area (Å²) in [7, 11) is 0.